The van der Waals surface area contributed by atoms with E-state index < -0.39 is 47.8 Å². The summed E-state index contributed by atoms with van der Waals surface area (Å²) in [7, 11) is 0. The minimum atomic E-state index is -1.29. The van der Waals surface area contributed by atoms with Gasteiger partial charge in [0.2, 0.25) is 35.4 Å². The molecule has 20 heteroatoms. The van der Waals surface area contributed by atoms with Gasteiger partial charge >= 0.3 is 11.9 Å². The Hall–Kier alpha value is -4.24. The van der Waals surface area contributed by atoms with E-state index in [-0.39, 0.29) is 75.3 Å². The van der Waals surface area contributed by atoms with Crippen LogP contribution in [0.5, 0.6) is 0 Å². The molecular weight excluding hydrogens is 726 g/mol. The number of carboxylic acids is 2. The normalized spacial score (nSPS) is 19.4. The first-order valence-electron chi connectivity index (χ1n) is 18.9. The lowest BCUT2D eigenvalue weighted by atomic mass is 9.81. The first-order valence-corrected chi connectivity index (χ1v) is 18.9. The molecule has 55 heavy (non-hydrogen) atoms. The highest BCUT2D eigenvalue weighted by Crippen LogP contribution is 2.28. The highest BCUT2D eigenvalue weighted by atomic mass is 16.5. The van der Waals surface area contributed by atoms with Crippen LogP contribution in [0.1, 0.15) is 77.0 Å². The minimum Gasteiger partial charge on any atom is -0.481 e. The van der Waals surface area contributed by atoms with Crippen LogP contribution in [0.4, 0.5) is 0 Å². The van der Waals surface area contributed by atoms with Gasteiger partial charge in [0.15, 0.2) is 0 Å². The number of nitrogens with two attached hydrogens (primary N) is 2. The zero-order valence-corrected chi connectivity index (χ0v) is 31.4. The number of carboxylic acid groups (broad SMARTS) is 2. The summed E-state index contributed by atoms with van der Waals surface area (Å²) in [6, 6.07) is -3.28. The number of nitrogens with zero attached hydrogens (tertiary/aromatic N) is 1. The third kappa shape index (κ3) is 19.3. The molecule has 2 aliphatic rings. The van der Waals surface area contributed by atoms with Gasteiger partial charge in [-0.3, -0.25) is 38.5 Å². The summed E-state index contributed by atoms with van der Waals surface area (Å²) in [5.41, 5.74) is 11.2. The first kappa shape index (κ1) is 46.9. The maximum absolute atomic E-state index is 12.8. The fraction of sp³-hybridized carbons (Fsp3) is 0.771. The maximum atomic E-state index is 12.8. The van der Waals surface area contributed by atoms with Crippen LogP contribution in [0.2, 0.25) is 0 Å². The van der Waals surface area contributed by atoms with Gasteiger partial charge in [-0.05, 0) is 63.8 Å². The Bertz CT molecular complexity index is 1280. The molecule has 2 fully saturated rings. The van der Waals surface area contributed by atoms with Gasteiger partial charge in [0.25, 0.3) is 0 Å². The summed E-state index contributed by atoms with van der Waals surface area (Å²) in [5.74, 6) is -5.13. The largest absolute Gasteiger partial charge is 0.481 e. The van der Waals surface area contributed by atoms with Crippen LogP contribution in [-0.4, -0.2) is 146 Å². The topological polar surface area (TPSA) is 308 Å². The van der Waals surface area contributed by atoms with E-state index in [9.17, 15) is 43.5 Å². The van der Waals surface area contributed by atoms with Crippen molar-refractivity contribution in [2.24, 2.45) is 23.3 Å². The van der Waals surface area contributed by atoms with Crippen LogP contribution in [0.3, 0.4) is 0 Å². The van der Waals surface area contributed by atoms with Crippen molar-refractivity contribution in [2.45, 2.75) is 95.2 Å². The van der Waals surface area contributed by atoms with E-state index in [1.165, 1.54) is 0 Å². The lowest BCUT2D eigenvalue weighted by Crippen LogP contribution is -2.48. The van der Waals surface area contributed by atoms with Crippen LogP contribution in [0.25, 0.3) is 0 Å². The summed E-state index contributed by atoms with van der Waals surface area (Å²) >= 11 is 0. The van der Waals surface area contributed by atoms with E-state index in [0.717, 1.165) is 17.7 Å². The van der Waals surface area contributed by atoms with Crippen molar-refractivity contribution >= 4 is 47.4 Å². The van der Waals surface area contributed by atoms with Crippen molar-refractivity contribution in [1.29, 1.82) is 0 Å². The molecule has 0 spiro atoms. The number of imide groups is 1. The Morgan fingerprint density at radius 2 is 1.33 bits per heavy atom. The van der Waals surface area contributed by atoms with Crippen LogP contribution in [-0.2, 0) is 52.6 Å². The predicted molar refractivity (Wildman–Crippen MR) is 194 cm³/mol. The summed E-state index contributed by atoms with van der Waals surface area (Å²) in [4.78, 5) is 97.4. The summed E-state index contributed by atoms with van der Waals surface area (Å²) in [6.07, 6.45) is 2.72. The molecule has 2 rings (SSSR count). The summed E-state index contributed by atoms with van der Waals surface area (Å²) < 4.78 is 16.4. The number of rotatable bonds is 29. The van der Waals surface area contributed by atoms with Gasteiger partial charge in [-0.2, -0.15) is 0 Å². The van der Waals surface area contributed by atoms with Crippen molar-refractivity contribution in [1.82, 2.24) is 26.2 Å². The fourth-order valence-corrected chi connectivity index (χ4v) is 5.98. The van der Waals surface area contributed by atoms with E-state index >= 15 is 0 Å². The molecule has 0 aromatic carbocycles. The molecule has 1 heterocycles. The number of hydrogen-bond acceptors (Lipinski definition) is 13. The van der Waals surface area contributed by atoms with E-state index in [2.05, 4.69) is 21.3 Å². The van der Waals surface area contributed by atoms with E-state index in [0.29, 0.717) is 84.3 Å². The molecule has 20 nitrogen and oxygen atoms in total. The second-order valence-corrected chi connectivity index (χ2v) is 13.6. The molecule has 6 amide bonds. The van der Waals surface area contributed by atoms with Gasteiger partial charge in [0.05, 0.1) is 38.9 Å². The van der Waals surface area contributed by atoms with Gasteiger partial charge in [-0.25, -0.2) is 4.79 Å². The Labute approximate surface area is 320 Å². The highest BCUT2D eigenvalue weighted by molar-refractivity contribution is 6.05. The molecule has 0 aromatic rings. The number of likely N-dealkylation sites (tertiary alicyclic amines) is 1. The number of amides is 6. The monoisotopic (exact) mass is 785 g/mol. The molecule has 3 unspecified atom stereocenters. The molecule has 3 atom stereocenters. The third-order valence-corrected chi connectivity index (χ3v) is 9.26. The van der Waals surface area contributed by atoms with Gasteiger partial charge in [0, 0.05) is 58.0 Å². The highest BCUT2D eigenvalue weighted by Gasteiger charge is 2.36. The molecule has 312 valence electrons. The third-order valence-electron chi connectivity index (χ3n) is 9.26. The number of hydrogen-bond donors (Lipinski definition) is 8. The van der Waals surface area contributed by atoms with Crippen molar-refractivity contribution < 1.29 is 62.8 Å². The Morgan fingerprint density at radius 1 is 0.745 bits per heavy atom. The lowest BCUT2D eigenvalue weighted by Gasteiger charge is -2.27. The second-order valence-electron chi connectivity index (χ2n) is 13.6. The van der Waals surface area contributed by atoms with Crippen molar-refractivity contribution in [3.63, 3.8) is 0 Å². The first-order chi connectivity index (χ1) is 26.3. The van der Waals surface area contributed by atoms with Crippen LogP contribution in [0.15, 0.2) is 0 Å². The lowest BCUT2D eigenvalue weighted by molar-refractivity contribution is -0.143. The zero-order valence-electron chi connectivity index (χ0n) is 31.4. The fourth-order valence-electron chi connectivity index (χ4n) is 5.98. The predicted octanol–water partition coefficient (Wildman–Crippen LogP) is -2.01. The van der Waals surface area contributed by atoms with Crippen molar-refractivity contribution in [2.75, 3.05) is 65.8 Å². The van der Waals surface area contributed by atoms with Gasteiger partial charge in [-0.15, -0.1) is 0 Å². The van der Waals surface area contributed by atoms with Gasteiger partial charge in [-0.1, -0.05) is 0 Å². The average Bonchev–Trinajstić information content (AvgIpc) is 3.40. The Kier molecular flexibility index (Phi) is 22.6. The number of nitrogens with one attached hydrogen (secondary N) is 4. The molecule has 1 saturated heterocycles. The SMILES string of the molecule is NCC1CCC(C(=O)NC(CCC(=O)NC(CCC(=O)O)C(=O)NCCCOCCOCCOCCCNC(=O)CCN2C(=O)CC(N)C2=O)C(=O)O)CC1. The molecule has 0 aromatic heterocycles. The smallest absolute Gasteiger partial charge is 0.326 e. The number of aliphatic carboxylic acids is 2. The van der Waals surface area contributed by atoms with Crippen LogP contribution < -0.4 is 32.7 Å². The molecule has 1 saturated carbocycles. The zero-order chi connectivity index (χ0) is 40.6. The van der Waals surface area contributed by atoms with Crippen molar-refractivity contribution in [3.8, 4) is 0 Å². The number of carbonyl (C=O) groups excluding carboxylic acids is 6. The van der Waals surface area contributed by atoms with Crippen LogP contribution in [0, 0.1) is 11.8 Å². The molecule has 1 aliphatic heterocycles. The van der Waals surface area contributed by atoms with E-state index in [1.807, 2.05) is 0 Å². The van der Waals surface area contributed by atoms with Gasteiger partial charge < -0.3 is 57.2 Å². The Morgan fingerprint density at radius 3 is 1.87 bits per heavy atom. The van der Waals surface area contributed by atoms with Crippen molar-refractivity contribution in [3.05, 3.63) is 0 Å². The molecule has 0 radical (unpaired) electrons. The molecule has 1 aliphatic carbocycles. The van der Waals surface area contributed by atoms with E-state index in [1.54, 1.807) is 0 Å². The number of ether oxygens (including phenoxy) is 3. The number of carbonyl (C=O) groups is 8. The van der Waals surface area contributed by atoms with Gasteiger partial charge in [0.1, 0.15) is 12.1 Å². The van der Waals surface area contributed by atoms with E-state index in [4.69, 9.17) is 30.8 Å². The van der Waals surface area contributed by atoms with Crippen LogP contribution >= 0.6 is 0 Å². The summed E-state index contributed by atoms with van der Waals surface area (Å²) in [5, 5.41) is 29.1. The second kappa shape index (κ2) is 26.5. The molecule has 10 N–H and O–H groups in total. The standard InChI is InChI=1S/C35H59N7O13/c36-22-23-3-5-24(6-4-23)32(48)41-27(35(51)52)7-9-29(44)40-26(8-10-31(46)47)33(49)39-13-2-16-54-18-20-55-19-17-53-15-1-12-38-28(43)11-14-42-30(45)21-25(37)34(42)50/h23-27H,1-22,36-37H2,(H,38,43)(H,39,49)(H,40,44)(H,41,48)(H,46,47)(H,51,52). The molecule has 0 bridgehead atoms. The minimum absolute atomic E-state index is 0.00587. The quantitative estimate of drug-likeness (QED) is 0.0300. The summed E-state index contributed by atoms with van der Waals surface area (Å²) in [6.45, 7) is 3.09. The molecular formula is C35H59N7O13. The Balaban J connectivity index is 1.52. The average molecular weight is 786 g/mol. The maximum Gasteiger partial charge on any atom is 0.326 e.